The smallest absolute Gasteiger partial charge is 0.267 e. The van der Waals surface area contributed by atoms with Gasteiger partial charge in [-0.3, -0.25) is 15.0 Å². The molecule has 4 aromatic rings. The van der Waals surface area contributed by atoms with Crippen LogP contribution in [-0.4, -0.2) is 15.6 Å². The van der Waals surface area contributed by atoms with E-state index in [1.807, 2.05) is 25.1 Å². The van der Waals surface area contributed by atoms with Crippen LogP contribution in [0.1, 0.15) is 15.9 Å². The standard InChI is InChI=1S/C22H16ClN3O2/c1-14-6-2-3-7-17(14)21(27)25-26-20(15-10-12-16(23)13-11-15)24-19-9-5-4-8-18(19)22(26)28/h2-13H,1H3,(H,25,27). The van der Waals surface area contributed by atoms with Crippen LogP contribution < -0.4 is 11.0 Å². The van der Waals surface area contributed by atoms with Crippen LogP contribution in [0, 0.1) is 6.92 Å². The van der Waals surface area contributed by atoms with Gasteiger partial charge < -0.3 is 0 Å². The summed E-state index contributed by atoms with van der Waals surface area (Å²) >= 11 is 5.99. The van der Waals surface area contributed by atoms with E-state index in [0.717, 1.165) is 5.56 Å². The van der Waals surface area contributed by atoms with Crippen molar-refractivity contribution >= 4 is 28.4 Å². The molecule has 0 saturated carbocycles. The van der Waals surface area contributed by atoms with E-state index in [1.54, 1.807) is 54.6 Å². The predicted octanol–water partition coefficient (Wildman–Crippen LogP) is 4.41. The monoisotopic (exact) mass is 389 g/mol. The van der Waals surface area contributed by atoms with Crippen molar-refractivity contribution in [1.82, 2.24) is 9.66 Å². The van der Waals surface area contributed by atoms with Crippen molar-refractivity contribution in [2.75, 3.05) is 5.43 Å². The van der Waals surface area contributed by atoms with Gasteiger partial charge in [0.15, 0.2) is 5.82 Å². The Morgan fingerprint density at radius 2 is 1.64 bits per heavy atom. The highest BCUT2D eigenvalue weighted by Crippen LogP contribution is 2.21. The number of hydrogen-bond acceptors (Lipinski definition) is 3. The van der Waals surface area contributed by atoms with Crippen LogP contribution in [0.4, 0.5) is 0 Å². The zero-order valence-corrected chi connectivity index (χ0v) is 15.8. The van der Waals surface area contributed by atoms with Gasteiger partial charge in [0.1, 0.15) is 0 Å². The van der Waals surface area contributed by atoms with Gasteiger partial charge in [0, 0.05) is 16.1 Å². The lowest BCUT2D eigenvalue weighted by Gasteiger charge is -2.15. The van der Waals surface area contributed by atoms with E-state index in [1.165, 1.54) is 4.68 Å². The second-order valence-corrected chi connectivity index (χ2v) is 6.79. The third kappa shape index (κ3) is 3.28. The minimum Gasteiger partial charge on any atom is -0.267 e. The molecule has 6 heteroatoms. The first-order chi connectivity index (χ1) is 13.5. The number of benzene rings is 3. The first-order valence-electron chi connectivity index (χ1n) is 8.69. The van der Waals surface area contributed by atoms with Crippen molar-refractivity contribution in [2.24, 2.45) is 0 Å². The molecule has 1 aromatic heterocycles. The summed E-state index contributed by atoms with van der Waals surface area (Å²) in [6.45, 7) is 1.84. The minimum absolute atomic E-state index is 0.335. The quantitative estimate of drug-likeness (QED) is 0.564. The molecular formula is C22H16ClN3O2. The maximum absolute atomic E-state index is 13.1. The molecule has 3 aromatic carbocycles. The van der Waals surface area contributed by atoms with Crippen LogP contribution in [0.2, 0.25) is 5.02 Å². The predicted molar refractivity (Wildman–Crippen MR) is 111 cm³/mol. The van der Waals surface area contributed by atoms with Gasteiger partial charge in [-0.15, -0.1) is 0 Å². The number of halogens is 1. The summed E-state index contributed by atoms with van der Waals surface area (Å²) in [6, 6.07) is 21.2. The maximum Gasteiger partial charge on any atom is 0.280 e. The molecule has 0 saturated heterocycles. The SMILES string of the molecule is Cc1ccccc1C(=O)Nn1c(-c2ccc(Cl)cc2)nc2ccccc2c1=O. The highest BCUT2D eigenvalue weighted by molar-refractivity contribution is 6.30. The number of amides is 1. The lowest BCUT2D eigenvalue weighted by atomic mass is 10.1. The summed E-state index contributed by atoms with van der Waals surface area (Å²) in [5.74, 6) is -0.0465. The molecule has 138 valence electrons. The number of aromatic nitrogens is 2. The first-order valence-corrected chi connectivity index (χ1v) is 9.07. The second-order valence-electron chi connectivity index (χ2n) is 6.36. The zero-order chi connectivity index (χ0) is 19.7. The lowest BCUT2D eigenvalue weighted by molar-refractivity contribution is 0.101. The number of nitrogens with one attached hydrogen (secondary N) is 1. The average Bonchev–Trinajstić information content (AvgIpc) is 2.71. The molecule has 0 spiro atoms. The van der Waals surface area contributed by atoms with Crippen LogP contribution in [-0.2, 0) is 0 Å². The summed E-state index contributed by atoms with van der Waals surface area (Å²) in [7, 11) is 0. The Morgan fingerprint density at radius 3 is 2.39 bits per heavy atom. The zero-order valence-electron chi connectivity index (χ0n) is 15.0. The molecule has 0 fully saturated rings. The van der Waals surface area contributed by atoms with E-state index in [-0.39, 0.29) is 11.5 Å². The van der Waals surface area contributed by atoms with E-state index in [2.05, 4.69) is 10.4 Å². The number of carbonyl (C=O) groups is 1. The highest BCUT2D eigenvalue weighted by Gasteiger charge is 2.16. The Labute approximate surface area is 166 Å². The average molecular weight is 390 g/mol. The summed E-state index contributed by atoms with van der Waals surface area (Å²) < 4.78 is 1.19. The van der Waals surface area contributed by atoms with Gasteiger partial charge in [-0.2, -0.15) is 4.68 Å². The summed E-state index contributed by atoms with van der Waals surface area (Å²) in [6.07, 6.45) is 0. The Morgan fingerprint density at radius 1 is 0.964 bits per heavy atom. The van der Waals surface area contributed by atoms with Crippen LogP contribution in [0.25, 0.3) is 22.3 Å². The van der Waals surface area contributed by atoms with E-state index in [0.29, 0.717) is 32.9 Å². The highest BCUT2D eigenvalue weighted by atomic mass is 35.5. The molecule has 0 radical (unpaired) electrons. The number of carbonyl (C=O) groups excluding carboxylic acids is 1. The van der Waals surface area contributed by atoms with Gasteiger partial charge in [0.25, 0.3) is 11.5 Å². The molecule has 1 N–H and O–H groups in total. The molecule has 0 unspecified atom stereocenters. The molecule has 1 heterocycles. The van der Waals surface area contributed by atoms with Gasteiger partial charge in [-0.25, -0.2) is 4.98 Å². The van der Waals surface area contributed by atoms with Gasteiger partial charge in [0.2, 0.25) is 0 Å². The number of rotatable bonds is 3. The molecule has 5 nitrogen and oxygen atoms in total. The van der Waals surface area contributed by atoms with Crippen molar-refractivity contribution in [3.8, 4) is 11.4 Å². The molecule has 0 bridgehead atoms. The molecular weight excluding hydrogens is 374 g/mol. The van der Waals surface area contributed by atoms with Crippen molar-refractivity contribution in [2.45, 2.75) is 6.92 Å². The second kappa shape index (κ2) is 7.29. The molecule has 0 atom stereocenters. The molecule has 1 amide bonds. The van der Waals surface area contributed by atoms with Crippen LogP contribution in [0.15, 0.2) is 77.6 Å². The number of nitrogens with zero attached hydrogens (tertiary/aromatic N) is 2. The summed E-state index contributed by atoms with van der Waals surface area (Å²) in [5.41, 5.74) is 4.89. The van der Waals surface area contributed by atoms with Crippen LogP contribution >= 0.6 is 11.6 Å². The van der Waals surface area contributed by atoms with E-state index in [4.69, 9.17) is 11.6 Å². The summed E-state index contributed by atoms with van der Waals surface area (Å²) in [4.78, 5) is 30.6. The fourth-order valence-corrected chi connectivity index (χ4v) is 3.14. The Kier molecular flexibility index (Phi) is 4.67. The van der Waals surface area contributed by atoms with Crippen LogP contribution in [0.3, 0.4) is 0 Å². The van der Waals surface area contributed by atoms with Crippen molar-refractivity contribution in [1.29, 1.82) is 0 Å². The van der Waals surface area contributed by atoms with E-state index < -0.39 is 0 Å². The van der Waals surface area contributed by atoms with Gasteiger partial charge >= 0.3 is 0 Å². The molecule has 0 aliphatic heterocycles. The van der Waals surface area contributed by atoms with Crippen LogP contribution in [0.5, 0.6) is 0 Å². The van der Waals surface area contributed by atoms with Gasteiger partial charge in [-0.05, 0) is 55.0 Å². The fourth-order valence-electron chi connectivity index (χ4n) is 3.02. The third-order valence-electron chi connectivity index (χ3n) is 4.48. The summed E-state index contributed by atoms with van der Waals surface area (Å²) in [5, 5.41) is 0.993. The van der Waals surface area contributed by atoms with Gasteiger partial charge in [0.05, 0.1) is 10.9 Å². The Hall–Kier alpha value is -3.44. The van der Waals surface area contributed by atoms with Crippen molar-refractivity contribution in [3.05, 3.63) is 99.3 Å². The minimum atomic E-state index is -0.382. The van der Waals surface area contributed by atoms with Gasteiger partial charge in [-0.1, -0.05) is 41.9 Å². The third-order valence-corrected chi connectivity index (χ3v) is 4.73. The first kappa shape index (κ1) is 17.9. The molecule has 0 aliphatic carbocycles. The Balaban J connectivity index is 1.90. The fraction of sp³-hybridized carbons (Fsp3) is 0.0455. The number of fused-ring (bicyclic) bond motifs is 1. The molecule has 28 heavy (non-hydrogen) atoms. The number of hydrogen-bond donors (Lipinski definition) is 1. The topological polar surface area (TPSA) is 64.0 Å². The Bertz CT molecular complexity index is 1250. The molecule has 0 aliphatic rings. The maximum atomic E-state index is 13.1. The van der Waals surface area contributed by atoms with E-state index in [9.17, 15) is 9.59 Å². The van der Waals surface area contributed by atoms with E-state index >= 15 is 0 Å². The largest absolute Gasteiger partial charge is 0.280 e. The lowest BCUT2D eigenvalue weighted by Crippen LogP contribution is -2.35. The normalized spacial score (nSPS) is 10.8. The number of para-hydroxylation sites is 1. The molecule has 4 rings (SSSR count). The number of aryl methyl sites for hydroxylation is 1. The van der Waals surface area contributed by atoms with Crippen molar-refractivity contribution in [3.63, 3.8) is 0 Å². The van der Waals surface area contributed by atoms with Crippen molar-refractivity contribution < 1.29 is 4.79 Å².